The second-order valence-corrected chi connectivity index (χ2v) is 5.75. The number of carbonyl (C=O) groups is 2. The van der Waals surface area contributed by atoms with Crippen molar-refractivity contribution in [2.24, 2.45) is 0 Å². The summed E-state index contributed by atoms with van der Waals surface area (Å²) in [5.41, 5.74) is 1.76. The molecule has 0 unspecified atom stereocenters. The van der Waals surface area contributed by atoms with Crippen LogP contribution in [0.25, 0.3) is 0 Å². The van der Waals surface area contributed by atoms with Crippen molar-refractivity contribution in [2.75, 3.05) is 32.5 Å². The van der Waals surface area contributed by atoms with Gasteiger partial charge in [0.2, 0.25) is 0 Å². The molecule has 6 heteroatoms. The third-order valence-electron chi connectivity index (χ3n) is 3.55. The van der Waals surface area contributed by atoms with E-state index in [1.54, 1.807) is 48.5 Å². The summed E-state index contributed by atoms with van der Waals surface area (Å²) in [4.78, 5) is 26.3. The fourth-order valence-corrected chi connectivity index (χ4v) is 2.15. The number of nitrogens with one attached hydrogen (secondary N) is 2. The molecule has 0 atom stereocenters. The minimum atomic E-state index is -0.331. The standard InChI is InChI=1S/C19H20N4O2/c1-23(2)12-11-21-18(24)14-7-9-15(10-8-14)19(25)22-17-6-4-3-5-16(17)13-20/h3-10H,11-12H2,1-2H3,(H,21,24)(H,22,25). The average Bonchev–Trinajstić information content (AvgIpc) is 2.62. The number of likely N-dealkylation sites (N-methyl/N-ethyl adjacent to an activating group) is 1. The van der Waals surface area contributed by atoms with Crippen LogP contribution >= 0.6 is 0 Å². The Hall–Kier alpha value is -3.17. The third kappa shape index (κ3) is 5.16. The Kier molecular flexibility index (Phi) is 6.26. The third-order valence-corrected chi connectivity index (χ3v) is 3.55. The summed E-state index contributed by atoms with van der Waals surface area (Å²) >= 11 is 0. The van der Waals surface area contributed by atoms with Gasteiger partial charge < -0.3 is 15.5 Å². The minimum absolute atomic E-state index is 0.177. The molecule has 0 aliphatic rings. The van der Waals surface area contributed by atoms with Crippen LogP contribution < -0.4 is 10.6 Å². The number of benzene rings is 2. The maximum Gasteiger partial charge on any atom is 0.255 e. The Morgan fingerprint density at radius 1 is 1.00 bits per heavy atom. The van der Waals surface area contributed by atoms with Crippen molar-refractivity contribution < 1.29 is 9.59 Å². The number of rotatable bonds is 6. The number of nitriles is 1. The molecule has 0 aliphatic heterocycles. The highest BCUT2D eigenvalue weighted by atomic mass is 16.2. The molecular formula is C19H20N4O2. The number of hydrogen-bond acceptors (Lipinski definition) is 4. The number of anilines is 1. The lowest BCUT2D eigenvalue weighted by molar-refractivity contribution is 0.0949. The molecule has 0 bridgehead atoms. The molecule has 2 rings (SSSR count). The number of para-hydroxylation sites is 1. The highest BCUT2D eigenvalue weighted by Gasteiger charge is 2.10. The van der Waals surface area contributed by atoms with Gasteiger partial charge in [-0.25, -0.2) is 0 Å². The van der Waals surface area contributed by atoms with Crippen LogP contribution in [0, 0.1) is 11.3 Å². The Balaban J connectivity index is 2.00. The van der Waals surface area contributed by atoms with Crippen molar-refractivity contribution in [3.63, 3.8) is 0 Å². The molecule has 2 N–H and O–H groups in total. The zero-order valence-electron chi connectivity index (χ0n) is 14.2. The van der Waals surface area contributed by atoms with E-state index >= 15 is 0 Å². The fraction of sp³-hybridized carbons (Fsp3) is 0.211. The molecule has 0 fully saturated rings. The molecule has 2 aromatic carbocycles. The van der Waals surface area contributed by atoms with Crippen LogP contribution in [-0.2, 0) is 0 Å². The number of carbonyl (C=O) groups excluding carboxylic acids is 2. The first kappa shape index (κ1) is 18.2. The van der Waals surface area contributed by atoms with Gasteiger partial charge in [-0.1, -0.05) is 12.1 Å². The van der Waals surface area contributed by atoms with E-state index in [0.717, 1.165) is 6.54 Å². The van der Waals surface area contributed by atoms with Crippen molar-refractivity contribution in [2.45, 2.75) is 0 Å². The van der Waals surface area contributed by atoms with Crippen LogP contribution in [0.1, 0.15) is 26.3 Å². The average molecular weight is 336 g/mol. The van der Waals surface area contributed by atoms with Gasteiger partial charge in [0.25, 0.3) is 11.8 Å². The predicted octanol–water partition coefficient (Wildman–Crippen LogP) is 2.10. The first-order valence-corrected chi connectivity index (χ1v) is 7.84. The van der Waals surface area contributed by atoms with E-state index in [4.69, 9.17) is 5.26 Å². The van der Waals surface area contributed by atoms with Gasteiger partial charge >= 0.3 is 0 Å². The van der Waals surface area contributed by atoms with Gasteiger partial charge in [-0.05, 0) is 50.5 Å². The van der Waals surface area contributed by atoms with E-state index in [2.05, 4.69) is 10.6 Å². The molecular weight excluding hydrogens is 316 g/mol. The smallest absolute Gasteiger partial charge is 0.255 e. The quantitative estimate of drug-likeness (QED) is 0.846. The van der Waals surface area contributed by atoms with E-state index in [0.29, 0.717) is 28.9 Å². The molecule has 2 aromatic rings. The summed E-state index contributed by atoms with van der Waals surface area (Å²) in [6, 6.07) is 15.2. The number of amides is 2. The molecule has 0 heterocycles. The van der Waals surface area contributed by atoms with Crippen molar-refractivity contribution in [1.29, 1.82) is 5.26 Å². The Bertz CT molecular complexity index is 792. The Morgan fingerprint density at radius 2 is 1.60 bits per heavy atom. The molecule has 0 radical (unpaired) electrons. The molecule has 0 spiro atoms. The van der Waals surface area contributed by atoms with Gasteiger partial charge in [-0.2, -0.15) is 5.26 Å². The molecule has 128 valence electrons. The SMILES string of the molecule is CN(C)CCNC(=O)c1ccc(C(=O)Nc2ccccc2C#N)cc1. The largest absolute Gasteiger partial charge is 0.351 e. The highest BCUT2D eigenvalue weighted by Crippen LogP contribution is 2.15. The number of hydrogen-bond donors (Lipinski definition) is 2. The lowest BCUT2D eigenvalue weighted by atomic mass is 10.1. The summed E-state index contributed by atoms with van der Waals surface area (Å²) in [5, 5.41) is 14.6. The van der Waals surface area contributed by atoms with Gasteiger partial charge in [-0.15, -0.1) is 0 Å². The normalized spacial score (nSPS) is 10.2. The Morgan fingerprint density at radius 3 is 2.20 bits per heavy atom. The zero-order chi connectivity index (χ0) is 18.2. The predicted molar refractivity (Wildman–Crippen MR) is 96.4 cm³/mol. The van der Waals surface area contributed by atoms with Gasteiger partial charge in [-0.3, -0.25) is 9.59 Å². The van der Waals surface area contributed by atoms with E-state index in [9.17, 15) is 9.59 Å². The second kappa shape index (κ2) is 8.62. The molecule has 2 amide bonds. The van der Waals surface area contributed by atoms with Gasteiger partial charge in [0.1, 0.15) is 6.07 Å². The summed E-state index contributed by atoms with van der Waals surface area (Å²) in [5.74, 6) is -0.508. The van der Waals surface area contributed by atoms with Crippen LogP contribution in [0.5, 0.6) is 0 Å². The fourth-order valence-electron chi connectivity index (χ4n) is 2.15. The summed E-state index contributed by atoms with van der Waals surface area (Å²) in [7, 11) is 3.87. The highest BCUT2D eigenvalue weighted by molar-refractivity contribution is 6.05. The molecule has 0 saturated carbocycles. The maximum absolute atomic E-state index is 12.3. The van der Waals surface area contributed by atoms with Crippen LogP contribution in [0.15, 0.2) is 48.5 Å². The first-order chi connectivity index (χ1) is 12.0. The lowest BCUT2D eigenvalue weighted by Crippen LogP contribution is -2.31. The van der Waals surface area contributed by atoms with Gasteiger partial charge in [0, 0.05) is 24.2 Å². The maximum atomic E-state index is 12.3. The van der Waals surface area contributed by atoms with Crippen LogP contribution in [0.2, 0.25) is 0 Å². The monoisotopic (exact) mass is 336 g/mol. The van der Waals surface area contributed by atoms with Crippen LogP contribution in [-0.4, -0.2) is 43.9 Å². The van der Waals surface area contributed by atoms with E-state index in [1.807, 2.05) is 25.1 Å². The summed E-state index contributed by atoms with van der Waals surface area (Å²) in [6.45, 7) is 1.31. The molecule has 6 nitrogen and oxygen atoms in total. The number of nitrogens with zero attached hydrogens (tertiary/aromatic N) is 2. The summed E-state index contributed by atoms with van der Waals surface area (Å²) < 4.78 is 0. The minimum Gasteiger partial charge on any atom is -0.351 e. The van der Waals surface area contributed by atoms with Crippen molar-refractivity contribution in [1.82, 2.24) is 10.2 Å². The Labute approximate surface area is 147 Å². The van der Waals surface area contributed by atoms with Gasteiger partial charge in [0.15, 0.2) is 0 Å². The van der Waals surface area contributed by atoms with Crippen molar-refractivity contribution in [3.05, 3.63) is 65.2 Å². The molecule has 25 heavy (non-hydrogen) atoms. The molecule has 0 aromatic heterocycles. The lowest BCUT2D eigenvalue weighted by Gasteiger charge is -2.11. The second-order valence-electron chi connectivity index (χ2n) is 5.75. The van der Waals surface area contributed by atoms with Crippen LogP contribution in [0.3, 0.4) is 0 Å². The van der Waals surface area contributed by atoms with Crippen LogP contribution in [0.4, 0.5) is 5.69 Å². The van der Waals surface area contributed by atoms with E-state index in [-0.39, 0.29) is 11.8 Å². The van der Waals surface area contributed by atoms with Gasteiger partial charge in [0.05, 0.1) is 11.3 Å². The van der Waals surface area contributed by atoms with E-state index in [1.165, 1.54) is 0 Å². The van der Waals surface area contributed by atoms with E-state index < -0.39 is 0 Å². The van der Waals surface area contributed by atoms with Crippen molar-refractivity contribution >= 4 is 17.5 Å². The zero-order valence-corrected chi connectivity index (χ0v) is 14.2. The molecule has 0 saturated heterocycles. The molecule has 0 aliphatic carbocycles. The van der Waals surface area contributed by atoms with Crippen molar-refractivity contribution in [3.8, 4) is 6.07 Å². The topological polar surface area (TPSA) is 85.2 Å². The first-order valence-electron chi connectivity index (χ1n) is 7.84. The summed E-state index contributed by atoms with van der Waals surface area (Å²) in [6.07, 6.45) is 0.